The van der Waals surface area contributed by atoms with Gasteiger partial charge >= 0.3 is 5.69 Å². The van der Waals surface area contributed by atoms with Crippen LogP contribution in [0, 0.1) is 6.92 Å². The largest absolute Gasteiger partial charge is 0.346 e. The van der Waals surface area contributed by atoms with Gasteiger partial charge in [0.25, 0.3) is 0 Å². The van der Waals surface area contributed by atoms with Crippen molar-refractivity contribution in [1.82, 2.24) is 15.0 Å². The molecule has 0 amide bonds. The average molecular weight is 386 g/mol. The Morgan fingerprint density at radius 2 is 1.96 bits per heavy atom. The molecule has 0 aliphatic heterocycles. The average Bonchev–Trinajstić information content (AvgIpc) is 3.08. The third kappa shape index (κ3) is 4.11. The van der Waals surface area contributed by atoms with Gasteiger partial charge in [-0.05, 0) is 25.8 Å². The van der Waals surface area contributed by atoms with E-state index in [4.69, 9.17) is 0 Å². The van der Waals surface area contributed by atoms with E-state index in [0.717, 1.165) is 22.7 Å². The number of nitrogens with one attached hydrogen (secondary N) is 1. The third-order valence-corrected chi connectivity index (χ3v) is 5.91. The molecular weight excluding hydrogens is 366 g/mol. The number of carbonyl (C=O) groups is 1. The summed E-state index contributed by atoms with van der Waals surface area (Å²) >= 11 is 2.95. The van der Waals surface area contributed by atoms with Gasteiger partial charge in [-0.2, -0.15) is 4.98 Å². The molecule has 26 heavy (non-hydrogen) atoms. The number of carbonyl (C=O) groups excluding carboxylic acids is 1. The van der Waals surface area contributed by atoms with Gasteiger partial charge in [0.1, 0.15) is 10.0 Å². The number of thioether (sulfide) groups is 1. The molecule has 1 aromatic carbocycles. The van der Waals surface area contributed by atoms with Gasteiger partial charge in [0.2, 0.25) is 0 Å². The first-order chi connectivity index (χ1) is 12.5. The zero-order valence-corrected chi connectivity index (χ0v) is 16.5. The fourth-order valence-corrected chi connectivity index (χ4v) is 4.56. The normalized spacial score (nSPS) is 10.9. The number of nitrogens with zero attached hydrogens (tertiary/aromatic N) is 2. The molecule has 0 fully saturated rings. The summed E-state index contributed by atoms with van der Waals surface area (Å²) in [5.74, 6) is 0.448. The van der Waals surface area contributed by atoms with Gasteiger partial charge in [-0.25, -0.2) is 9.78 Å². The quantitative estimate of drug-likeness (QED) is 0.390. The molecule has 0 aliphatic carbocycles. The molecule has 134 valence electrons. The number of H-pyrrole nitrogens is 1. The van der Waals surface area contributed by atoms with Crippen LogP contribution < -0.4 is 5.69 Å². The standard InChI is InChI=1S/C19H19N3O2S2/c1-4-13-5-7-14(8-6-13)17-21-15(9-25-17)10-26-18-16(12(3)23)11(2)20-19(24)22-18/h5-9H,4,10H2,1-3H3,(H,20,22,24). The van der Waals surface area contributed by atoms with Crippen molar-refractivity contribution in [3.8, 4) is 10.6 Å². The Bertz CT molecular complexity index is 991. The van der Waals surface area contributed by atoms with Crippen LogP contribution >= 0.6 is 23.1 Å². The summed E-state index contributed by atoms with van der Waals surface area (Å²) in [5.41, 5.74) is 3.88. The predicted molar refractivity (Wildman–Crippen MR) is 106 cm³/mol. The van der Waals surface area contributed by atoms with Crippen molar-refractivity contribution in [2.24, 2.45) is 0 Å². The van der Waals surface area contributed by atoms with Crippen LogP contribution in [0.15, 0.2) is 39.5 Å². The Morgan fingerprint density at radius 3 is 2.62 bits per heavy atom. The molecule has 0 saturated carbocycles. The van der Waals surface area contributed by atoms with Gasteiger partial charge in [-0.3, -0.25) is 4.79 Å². The lowest BCUT2D eigenvalue weighted by atomic mass is 10.1. The molecule has 3 aromatic rings. The third-order valence-electron chi connectivity index (χ3n) is 3.96. The summed E-state index contributed by atoms with van der Waals surface area (Å²) in [4.78, 5) is 34.7. The zero-order chi connectivity index (χ0) is 18.7. The first-order valence-electron chi connectivity index (χ1n) is 8.26. The van der Waals surface area contributed by atoms with Crippen LogP contribution in [0.3, 0.4) is 0 Å². The Labute approximate surface area is 159 Å². The SMILES string of the molecule is CCc1ccc(-c2nc(CSc3nc(=O)[nH]c(C)c3C(C)=O)cs2)cc1. The van der Waals surface area contributed by atoms with Gasteiger partial charge in [0, 0.05) is 22.4 Å². The van der Waals surface area contributed by atoms with E-state index in [0.29, 0.717) is 22.0 Å². The van der Waals surface area contributed by atoms with Gasteiger partial charge < -0.3 is 4.98 Å². The number of rotatable bonds is 6. The molecule has 1 N–H and O–H groups in total. The monoisotopic (exact) mass is 385 g/mol. The van der Waals surface area contributed by atoms with Crippen LogP contribution in [0.4, 0.5) is 0 Å². The molecule has 3 rings (SSSR count). The number of thiazole rings is 1. The van der Waals surface area contributed by atoms with Gasteiger partial charge in [0.05, 0.1) is 11.3 Å². The number of ketones is 1. The second-order valence-corrected chi connectivity index (χ2v) is 7.71. The minimum Gasteiger partial charge on any atom is -0.309 e. The van der Waals surface area contributed by atoms with Crippen LogP contribution in [0.2, 0.25) is 0 Å². The predicted octanol–water partition coefficient (Wildman–Crippen LogP) is 4.26. The van der Waals surface area contributed by atoms with E-state index in [9.17, 15) is 9.59 Å². The second kappa shape index (κ2) is 7.97. The van der Waals surface area contributed by atoms with E-state index < -0.39 is 5.69 Å². The lowest BCUT2D eigenvalue weighted by Crippen LogP contribution is -2.17. The van der Waals surface area contributed by atoms with Gasteiger partial charge in [0.15, 0.2) is 5.78 Å². The maximum absolute atomic E-state index is 11.9. The van der Waals surface area contributed by atoms with Gasteiger partial charge in [-0.1, -0.05) is 43.0 Å². The van der Waals surface area contributed by atoms with Crippen LogP contribution in [-0.2, 0) is 12.2 Å². The molecule has 0 unspecified atom stereocenters. The summed E-state index contributed by atoms with van der Waals surface area (Å²) in [7, 11) is 0. The van der Waals surface area contributed by atoms with Crippen molar-refractivity contribution in [3.05, 3.63) is 62.6 Å². The summed E-state index contributed by atoms with van der Waals surface area (Å²) < 4.78 is 0. The molecule has 2 aromatic heterocycles. The zero-order valence-electron chi connectivity index (χ0n) is 14.8. The smallest absolute Gasteiger partial charge is 0.309 e. The van der Waals surface area contributed by atoms with Crippen molar-refractivity contribution >= 4 is 28.9 Å². The lowest BCUT2D eigenvalue weighted by Gasteiger charge is -2.07. The van der Waals surface area contributed by atoms with E-state index in [1.54, 1.807) is 18.3 Å². The number of aryl methyl sites for hydroxylation is 2. The minimum absolute atomic E-state index is 0.108. The maximum atomic E-state index is 11.9. The van der Waals surface area contributed by atoms with E-state index in [-0.39, 0.29) is 5.78 Å². The fourth-order valence-electron chi connectivity index (χ4n) is 2.61. The number of Topliss-reactive ketones (excluding diaryl/α,β-unsaturated/α-hetero) is 1. The summed E-state index contributed by atoms with van der Waals surface area (Å²) in [6, 6.07) is 8.41. The van der Waals surface area contributed by atoms with Crippen molar-refractivity contribution in [3.63, 3.8) is 0 Å². The first-order valence-corrected chi connectivity index (χ1v) is 10.1. The van der Waals surface area contributed by atoms with Crippen molar-refractivity contribution in [2.45, 2.75) is 38.0 Å². The first kappa shape index (κ1) is 18.5. The Morgan fingerprint density at radius 1 is 1.23 bits per heavy atom. The number of hydrogen-bond acceptors (Lipinski definition) is 6. The Hall–Kier alpha value is -2.25. The van der Waals surface area contributed by atoms with E-state index in [2.05, 4.69) is 46.1 Å². The van der Waals surface area contributed by atoms with Crippen LogP contribution in [0.5, 0.6) is 0 Å². The highest BCUT2D eigenvalue weighted by atomic mass is 32.2. The Kier molecular flexibility index (Phi) is 5.68. The molecule has 0 bridgehead atoms. The second-order valence-electron chi connectivity index (χ2n) is 5.89. The highest BCUT2D eigenvalue weighted by Gasteiger charge is 2.15. The molecule has 7 heteroatoms. The van der Waals surface area contributed by atoms with E-state index in [1.165, 1.54) is 24.2 Å². The molecule has 2 heterocycles. The Balaban J connectivity index is 1.78. The maximum Gasteiger partial charge on any atom is 0.346 e. The number of hydrogen-bond donors (Lipinski definition) is 1. The summed E-state index contributed by atoms with van der Waals surface area (Å²) in [6.45, 7) is 5.32. The minimum atomic E-state index is -0.440. The van der Waals surface area contributed by atoms with Crippen molar-refractivity contribution in [2.75, 3.05) is 0 Å². The fraction of sp³-hybridized carbons (Fsp3) is 0.263. The molecule has 0 spiro atoms. The van der Waals surface area contributed by atoms with Crippen LogP contribution in [0.25, 0.3) is 10.6 Å². The topological polar surface area (TPSA) is 75.7 Å². The number of benzene rings is 1. The van der Waals surface area contributed by atoms with E-state index in [1.807, 2.05) is 5.38 Å². The highest BCUT2D eigenvalue weighted by Crippen LogP contribution is 2.29. The molecule has 0 aliphatic rings. The highest BCUT2D eigenvalue weighted by molar-refractivity contribution is 7.98. The molecule has 5 nitrogen and oxygen atoms in total. The molecule has 0 atom stereocenters. The molecule has 0 saturated heterocycles. The molecule has 0 radical (unpaired) electrons. The van der Waals surface area contributed by atoms with Crippen molar-refractivity contribution in [1.29, 1.82) is 0 Å². The molecular formula is C19H19N3O2S2. The van der Waals surface area contributed by atoms with Crippen LogP contribution in [0.1, 0.15) is 41.2 Å². The van der Waals surface area contributed by atoms with Crippen molar-refractivity contribution < 1.29 is 4.79 Å². The lowest BCUT2D eigenvalue weighted by molar-refractivity contribution is 0.101. The van der Waals surface area contributed by atoms with E-state index >= 15 is 0 Å². The number of aromatic amines is 1. The van der Waals surface area contributed by atoms with Gasteiger partial charge in [-0.15, -0.1) is 11.3 Å². The number of aromatic nitrogens is 3. The van der Waals surface area contributed by atoms with Crippen LogP contribution in [-0.4, -0.2) is 20.7 Å². The summed E-state index contributed by atoms with van der Waals surface area (Å²) in [6.07, 6.45) is 1.02. The summed E-state index contributed by atoms with van der Waals surface area (Å²) in [5, 5.41) is 3.43.